The van der Waals surface area contributed by atoms with E-state index in [-0.39, 0.29) is 18.8 Å². The maximum absolute atomic E-state index is 12.5. The van der Waals surface area contributed by atoms with Crippen LogP contribution in [0.4, 0.5) is 9.59 Å². The van der Waals surface area contributed by atoms with Gasteiger partial charge in [-0.15, -0.1) is 0 Å². The van der Waals surface area contributed by atoms with Crippen LogP contribution in [0.1, 0.15) is 51.2 Å². The van der Waals surface area contributed by atoms with E-state index >= 15 is 0 Å². The number of carbonyl (C=O) groups excluding carboxylic acids is 2. The highest BCUT2D eigenvalue weighted by atomic mass is 16.6. The minimum Gasteiger partial charge on any atom is -0.445 e. The van der Waals surface area contributed by atoms with Crippen molar-refractivity contribution in [2.24, 2.45) is 0 Å². The van der Waals surface area contributed by atoms with Crippen molar-refractivity contribution in [3.8, 4) is 0 Å². The van der Waals surface area contributed by atoms with Gasteiger partial charge in [0.1, 0.15) is 18.3 Å². The number of alkyl carbamates (subject to hydrolysis) is 1. The van der Waals surface area contributed by atoms with Gasteiger partial charge in [-0.25, -0.2) is 9.59 Å². The summed E-state index contributed by atoms with van der Waals surface area (Å²) in [6.07, 6.45) is 0.953. The standard InChI is InChI=1S/C27H36N2O6/c1-27(2,3)35-26(31)29(32)22(17-16-20-11-6-4-7-12-20)24-23(34-24)15-10-18-28-25(30)33-19-21-13-8-5-9-14-21/h4-9,11-14,22-24,32H,10,15-19H2,1-3H3,(H,28,30)/t22?,23-,24-/m1/s1. The molecule has 1 aliphatic rings. The number of benzene rings is 2. The van der Waals surface area contributed by atoms with Crippen LogP contribution in [0.3, 0.4) is 0 Å². The lowest BCUT2D eigenvalue weighted by Crippen LogP contribution is -2.44. The average molecular weight is 485 g/mol. The van der Waals surface area contributed by atoms with E-state index in [1.165, 1.54) is 0 Å². The van der Waals surface area contributed by atoms with Gasteiger partial charge in [-0.1, -0.05) is 60.7 Å². The summed E-state index contributed by atoms with van der Waals surface area (Å²) in [5.41, 5.74) is 1.33. The molecule has 0 aromatic heterocycles. The monoisotopic (exact) mass is 484 g/mol. The molecule has 2 aromatic rings. The van der Waals surface area contributed by atoms with E-state index in [1.807, 2.05) is 60.7 Å². The molecule has 8 heteroatoms. The highest BCUT2D eigenvalue weighted by Crippen LogP contribution is 2.34. The molecule has 2 aromatic carbocycles. The molecule has 3 rings (SSSR count). The fourth-order valence-corrected chi connectivity index (χ4v) is 3.82. The van der Waals surface area contributed by atoms with Crippen LogP contribution in [0, 0.1) is 0 Å². The molecule has 1 heterocycles. The number of nitrogens with one attached hydrogen (secondary N) is 1. The molecule has 1 aliphatic heterocycles. The Balaban J connectivity index is 1.44. The molecule has 35 heavy (non-hydrogen) atoms. The molecule has 0 radical (unpaired) electrons. The molecular formula is C27H36N2O6. The Morgan fingerprint density at radius 1 is 1.06 bits per heavy atom. The lowest BCUT2D eigenvalue weighted by Gasteiger charge is -2.28. The van der Waals surface area contributed by atoms with Gasteiger partial charge in [0, 0.05) is 6.54 Å². The van der Waals surface area contributed by atoms with Crippen molar-refractivity contribution < 1.29 is 29.0 Å². The Morgan fingerprint density at radius 3 is 2.31 bits per heavy atom. The summed E-state index contributed by atoms with van der Waals surface area (Å²) < 4.78 is 16.4. The molecule has 2 N–H and O–H groups in total. The number of ether oxygens (including phenoxy) is 3. The first-order valence-corrected chi connectivity index (χ1v) is 12.1. The van der Waals surface area contributed by atoms with E-state index in [0.717, 1.165) is 11.1 Å². The molecule has 1 fully saturated rings. The van der Waals surface area contributed by atoms with E-state index in [0.29, 0.717) is 37.3 Å². The van der Waals surface area contributed by atoms with E-state index in [4.69, 9.17) is 14.2 Å². The second-order valence-electron chi connectivity index (χ2n) is 9.69. The molecule has 2 amide bonds. The molecule has 0 bridgehead atoms. The molecule has 3 atom stereocenters. The van der Waals surface area contributed by atoms with E-state index in [9.17, 15) is 14.8 Å². The van der Waals surface area contributed by atoms with Gasteiger partial charge >= 0.3 is 12.2 Å². The molecule has 8 nitrogen and oxygen atoms in total. The van der Waals surface area contributed by atoms with Gasteiger partial charge in [0.15, 0.2) is 0 Å². The van der Waals surface area contributed by atoms with Crippen LogP contribution in [0.25, 0.3) is 0 Å². The quantitative estimate of drug-likeness (QED) is 0.199. The minimum atomic E-state index is -0.785. The maximum atomic E-state index is 12.5. The lowest BCUT2D eigenvalue weighted by molar-refractivity contribution is -0.126. The Kier molecular flexibility index (Phi) is 9.51. The highest BCUT2D eigenvalue weighted by Gasteiger charge is 2.48. The molecule has 1 unspecified atom stereocenters. The van der Waals surface area contributed by atoms with Crippen molar-refractivity contribution >= 4 is 12.2 Å². The smallest absolute Gasteiger partial charge is 0.434 e. The largest absolute Gasteiger partial charge is 0.445 e. The second kappa shape index (κ2) is 12.6. The van der Waals surface area contributed by atoms with Gasteiger partial charge in [0.25, 0.3) is 0 Å². The Labute approximate surface area is 207 Å². The lowest BCUT2D eigenvalue weighted by atomic mass is 10.00. The van der Waals surface area contributed by atoms with Crippen LogP contribution >= 0.6 is 0 Å². The van der Waals surface area contributed by atoms with E-state index in [2.05, 4.69) is 5.32 Å². The zero-order valence-electron chi connectivity index (χ0n) is 20.7. The number of nitrogens with zero attached hydrogens (tertiary/aromatic N) is 1. The third kappa shape index (κ3) is 9.22. The minimum absolute atomic E-state index is 0.102. The number of rotatable bonds is 11. The third-order valence-corrected chi connectivity index (χ3v) is 5.61. The van der Waals surface area contributed by atoms with Gasteiger partial charge in [-0.05, 0) is 57.6 Å². The van der Waals surface area contributed by atoms with Gasteiger partial charge in [-0.3, -0.25) is 5.21 Å². The van der Waals surface area contributed by atoms with Gasteiger partial charge in [-0.2, -0.15) is 5.06 Å². The van der Waals surface area contributed by atoms with Crippen LogP contribution < -0.4 is 5.32 Å². The number of hydroxylamine groups is 2. The van der Waals surface area contributed by atoms with Crippen LogP contribution in [-0.4, -0.2) is 52.9 Å². The topological polar surface area (TPSA) is 101 Å². The van der Waals surface area contributed by atoms with Crippen molar-refractivity contribution in [3.63, 3.8) is 0 Å². The number of amides is 2. The summed E-state index contributed by atoms with van der Waals surface area (Å²) in [6, 6.07) is 18.9. The van der Waals surface area contributed by atoms with E-state index < -0.39 is 23.8 Å². The Morgan fingerprint density at radius 2 is 1.69 bits per heavy atom. The number of hydrogen-bond donors (Lipinski definition) is 2. The first-order valence-electron chi connectivity index (χ1n) is 12.1. The highest BCUT2D eigenvalue weighted by molar-refractivity contribution is 5.67. The second-order valence-corrected chi connectivity index (χ2v) is 9.69. The summed E-state index contributed by atoms with van der Waals surface area (Å²) in [5, 5.41) is 14.1. The number of aryl methyl sites for hydroxylation is 1. The first-order chi connectivity index (χ1) is 16.7. The van der Waals surface area contributed by atoms with Gasteiger partial charge < -0.3 is 19.5 Å². The molecule has 1 saturated heterocycles. The molecule has 0 saturated carbocycles. The van der Waals surface area contributed by atoms with Crippen molar-refractivity contribution in [1.29, 1.82) is 0 Å². The fraction of sp³-hybridized carbons (Fsp3) is 0.481. The molecule has 0 aliphatic carbocycles. The molecule has 0 spiro atoms. The normalized spacial score (nSPS) is 17.8. The SMILES string of the molecule is CC(C)(C)OC(=O)N(O)C(CCc1ccccc1)[C@H]1O[C@@H]1CCCNC(=O)OCc1ccccc1. The predicted octanol–water partition coefficient (Wildman–Crippen LogP) is 5.09. The van der Waals surface area contributed by atoms with Crippen molar-refractivity contribution in [2.45, 2.75) is 76.9 Å². The summed E-state index contributed by atoms with van der Waals surface area (Å²) in [5.74, 6) is 0. The van der Waals surface area contributed by atoms with Gasteiger partial charge in [0.2, 0.25) is 0 Å². The number of epoxide rings is 1. The van der Waals surface area contributed by atoms with Crippen molar-refractivity contribution in [3.05, 3.63) is 71.8 Å². The first kappa shape index (κ1) is 26.5. The zero-order chi connectivity index (χ0) is 25.3. The van der Waals surface area contributed by atoms with Crippen molar-refractivity contribution in [2.75, 3.05) is 6.54 Å². The average Bonchev–Trinajstić information content (AvgIpc) is 3.60. The summed E-state index contributed by atoms with van der Waals surface area (Å²) in [7, 11) is 0. The van der Waals surface area contributed by atoms with Gasteiger partial charge in [0.05, 0.1) is 12.1 Å². The fourth-order valence-electron chi connectivity index (χ4n) is 3.82. The Bertz CT molecular complexity index is 932. The molecular weight excluding hydrogens is 448 g/mol. The maximum Gasteiger partial charge on any atom is 0.434 e. The van der Waals surface area contributed by atoms with Crippen molar-refractivity contribution in [1.82, 2.24) is 10.4 Å². The molecule has 190 valence electrons. The Hall–Kier alpha value is -3.10. The summed E-state index contributed by atoms with van der Waals surface area (Å²) in [6.45, 7) is 5.94. The zero-order valence-corrected chi connectivity index (χ0v) is 20.7. The number of carbonyl (C=O) groups is 2. The predicted molar refractivity (Wildman–Crippen MR) is 131 cm³/mol. The van der Waals surface area contributed by atoms with Crippen LogP contribution in [0.2, 0.25) is 0 Å². The van der Waals surface area contributed by atoms with E-state index in [1.54, 1.807) is 20.8 Å². The summed E-state index contributed by atoms with van der Waals surface area (Å²) in [4.78, 5) is 24.4. The van der Waals surface area contributed by atoms with Crippen LogP contribution in [0.15, 0.2) is 60.7 Å². The van der Waals surface area contributed by atoms with Crippen LogP contribution in [-0.2, 0) is 27.2 Å². The number of hydrogen-bond acceptors (Lipinski definition) is 6. The third-order valence-electron chi connectivity index (χ3n) is 5.61. The summed E-state index contributed by atoms with van der Waals surface area (Å²) >= 11 is 0. The van der Waals surface area contributed by atoms with Crippen LogP contribution in [0.5, 0.6) is 0 Å².